The summed E-state index contributed by atoms with van der Waals surface area (Å²) in [5.74, 6) is -1.65. The lowest BCUT2D eigenvalue weighted by atomic mass is 10.0. The Hall–Kier alpha value is -3.40. The molecule has 0 saturated heterocycles. The van der Waals surface area contributed by atoms with Crippen molar-refractivity contribution in [2.75, 3.05) is 0 Å². The van der Waals surface area contributed by atoms with Gasteiger partial charge in [-0.15, -0.1) is 0 Å². The summed E-state index contributed by atoms with van der Waals surface area (Å²) < 4.78 is 18.6. The Balaban J connectivity index is 2.06. The first-order chi connectivity index (χ1) is 12.4. The van der Waals surface area contributed by atoms with Gasteiger partial charge in [0.15, 0.2) is 6.10 Å². The molecule has 0 spiro atoms. The standard InChI is InChI=1S/C19H17FN2O4/c1-12(26-16-8-2-13(11-21)3-9-16)19(25)22-17(10-18(23)24)14-4-6-15(20)7-5-14/h2-9,12,17H,10H2,1H3,(H,22,25)(H,23,24)/t12-,17+/m1/s1. The van der Waals surface area contributed by atoms with Crippen molar-refractivity contribution in [3.05, 3.63) is 65.5 Å². The lowest BCUT2D eigenvalue weighted by molar-refractivity contribution is -0.138. The van der Waals surface area contributed by atoms with E-state index < -0.39 is 29.8 Å². The highest BCUT2D eigenvalue weighted by atomic mass is 19.1. The highest BCUT2D eigenvalue weighted by Crippen LogP contribution is 2.19. The van der Waals surface area contributed by atoms with E-state index in [0.717, 1.165) is 0 Å². The predicted octanol–water partition coefficient (Wildman–Crippen LogP) is 2.80. The second-order valence-corrected chi connectivity index (χ2v) is 5.61. The zero-order valence-electron chi connectivity index (χ0n) is 14.0. The van der Waals surface area contributed by atoms with Crippen LogP contribution in [0.25, 0.3) is 0 Å². The van der Waals surface area contributed by atoms with Gasteiger partial charge in [0.2, 0.25) is 0 Å². The Morgan fingerprint density at radius 2 is 1.81 bits per heavy atom. The number of halogens is 1. The van der Waals surface area contributed by atoms with Crippen molar-refractivity contribution in [3.63, 3.8) is 0 Å². The molecule has 0 saturated carbocycles. The van der Waals surface area contributed by atoms with Gasteiger partial charge in [-0.2, -0.15) is 5.26 Å². The van der Waals surface area contributed by atoms with Crippen LogP contribution in [0.3, 0.4) is 0 Å². The largest absolute Gasteiger partial charge is 0.481 e. The molecule has 7 heteroatoms. The Labute approximate surface area is 149 Å². The van der Waals surface area contributed by atoms with Crippen LogP contribution in [0.1, 0.15) is 30.5 Å². The highest BCUT2D eigenvalue weighted by molar-refractivity contribution is 5.82. The molecule has 0 unspecified atom stereocenters. The normalized spacial score (nSPS) is 12.5. The van der Waals surface area contributed by atoms with E-state index in [-0.39, 0.29) is 6.42 Å². The third-order valence-electron chi connectivity index (χ3n) is 3.63. The van der Waals surface area contributed by atoms with Crippen molar-refractivity contribution in [1.29, 1.82) is 5.26 Å². The summed E-state index contributed by atoms with van der Waals surface area (Å²) in [6, 6.07) is 12.7. The number of rotatable bonds is 7. The van der Waals surface area contributed by atoms with E-state index in [2.05, 4.69) is 5.32 Å². The number of nitriles is 1. The molecule has 0 radical (unpaired) electrons. The summed E-state index contributed by atoms with van der Waals surface area (Å²) in [6.07, 6.45) is -1.24. The number of benzene rings is 2. The highest BCUT2D eigenvalue weighted by Gasteiger charge is 2.22. The molecule has 26 heavy (non-hydrogen) atoms. The van der Waals surface area contributed by atoms with E-state index in [1.54, 1.807) is 24.3 Å². The molecule has 0 aliphatic rings. The van der Waals surface area contributed by atoms with Crippen LogP contribution in [0, 0.1) is 17.1 Å². The van der Waals surface area contributed by atoms with Gasteiger partial charge in [-0.3, -0.25) is 9.59 Å². The number of hydrogen-bond donors (Lipinski definition) is 2. The monoisotopic (exact) mass is 356 g/mol. The first-order valence-electron chi connectivity index (χ1n) is 7.83. The van der Waals surface area contributed by atoms with Gasteiger partial charge < -0.3 is 15.2 Å². The summed E-state index contributed by atoms with van der Waals surface area (Å²) in [4.78, 5) is 23.4. The Kier molecular flexibility index (Phi) is 6.28. The molecule has 2 aromatic carbocycles. The van der Waals surface area contributed by atoms with E-state index in [4.69, 9.17) is 15.1 Å². The molecule has 0 heterocycles. The number of amides is 1. The minimum absolute atomic E-state index is 0.346. The van der Waals surface area contributed by atoms with Gasteiger partial charge >= 0.3 is 5.97 Å². The molecule has 2 rings (SSSR count). The van der Waals surface area contributed by atoms with E-state index in [9.17, 15) is 14.0 Å². The number of aliphatic carboxylic acids is 1. The van der Waals surface area contributed by atoms with E-state index >= 15 is 0 Å². The molecule has 6 nitrogen and oxygen atoms in total. The van der Waals surface area contributed by atoms with Crippen LogP contribution in [0.15, 0.2) is 48.5 Å². The van der Waals surface area contributed by atoms with Crippen LogP contribution in [0.2, 0.25) is 0 Å². The fourth-order valence-corrected chi connectivity index (χ4v) is 2.28. The van der Waals surface area contributed by atoms with Gasteiger partial charge in [-0.05, 0) is 48.9 Å². The second kappa shape index (κ2) is 8.62. The number of carbonyl (C=O) groups is 2. The molecule has 0 aromatic heterocycles. The maximum atomic E-state index is 13.1. The fourth-order valence-electron chi connectivity index (χ4n) is 2.28. The zero-order valence-corrected chi connectivity index (χ0v) is 14.0. The maximum Gasteiger partial charge on any atom is 0.305 e. The van der Waals surface area contributed by atoms with Crippen LogP contribution in [0.5, 0.6) is 5.75 Å². The summed E-state index contributed by atoms with van der Waals surface area (Å²) in [5.41, 5.74) is 0.944. The van der Waals surface area contributed by atoms with Crippen molar-refractivity contribution < 1.29 is 23.8 Å². The summed E-state index contributed by atoms with van der Waals surface area (Å²) in [7, 11) is 0. The predicted molar refractivity (Wildman–Crippen MR) is 90.8 cm³/mol. The Bertz CT molecular complexity index is 813. The van der Waals surface area contributed by atoms with Crippen LogP contribution >= 0.6 is 0 Å². The smallest absolute Gasteiger partial charge is 0.305 e. The molecule has 0 aliphatic carbocycles. The number of carboxylic acid groups (broad SMARTS) is 1. The number of nitrogens with zero attached hydrogens (tertiary/aromatic N) is 1. The molecule has 2 aromatic rings. The molecule has 134 valence electrons. The van der Waals surface area contributed by atoms with Crippen molar-refractivity contribution in [1.82, 2.24) is 5.32 Å². The fraction of sp³-hybridized carbons (Fsp3) is 0.211. The Morgan fingerprint density at radius 1 is 1.19 bits per heavy atom. The maximum absolute atomic E-state index is 13.1. The van der Waals surface area contributed by atoms with Gasteiger partial charge in [0.25, 0.3) is 5.91 Å². The summed E-state index contributed by atoms with van der Waals surface area (Å²) in [6.45, 7) is 1.52. The molecule has 2 atom stereocenters. The van der Waals surface area contributed by atoms with Crippen LogP contribution in [-0.4, -0.2) is 23.1 Å². The first-order valence-corrected chi connectivity index (χ1v) is 7.83. The van der Waals surface area contributed by atoms with E-state index in [0.29, 0.717) is 16.9 Å². The lowest BCUT2D eigenvalue weighted by Gasteiger charge is -2.21. The van der Waals surface area contributed by atoms with E-state index in [1.807, 2.05) is 6.07 Å². The van der Waals surface area contributed by atoms with Crippen LogP contribution < -0.4 is 10.1 Å². The average Bonchev–Trinajstić information content (AvgIpc) is 2.62. The first kappa shape index (κ1) is 18.9. The number of nitrogens with one attached hydrogen (secondary N) is 1. The molecule has 0 aliphatic heterocycles. The number of carboxylic acids is 1. The number of carbonyl (C=O) groups excluding carboxylic acids is 1. The molecule has 1 amide bonds. The number of hydrogen-bond acceptors (Lipinski definition) is 4. The minimum atomic E-state index is -1.10. The van der Waals surface area contributed by atoms with Gasteiger partial charge in [0, 0.05) is 0 Å². The van der Waals surface area contributed by atoms with Crippen molar-refractivity contribution in [2.24, 2.45) is 0 Å². The van der Waals surface area contributed by atoms with Gasteiger partial charge in [0.1, 0.15) is 11.6 Å². The molecular weight excluding hydrogens is 339 g/mol. The van der Waals surface area contributed by atoms with Crippen molar-refractivity contribution >= 4 is 11.9 Å². The Morgan fingerprint density at radius 3 is 2.35 bits per heavy atom. The molecule has 0 bridgehead atoms. The quantitative estimate of drug-likeness (QED) is 0.795. The molecule has 0 fully saturated rings. The second-order valence-electron chi connectivity index (χ2n) is 5.61. The van der Waals surface area contributed by atoms with Crippen LogP contribution in [-0.2, 0) is 9.59 Å². The third kappa shape index (κ3) is 5.31. The summed E-state index contributed by atoms with van der Waals surface area (Å²) in [5, 5.41) is 20.4. The summed E-state index contributed by atoms with van der Waals surface area (Å²) >= 11 is 0. The minimum Gasteiger partial charge on any atom is -0.481 e. The van der Waals surface area contributed by atoms with Crippen molar-refractivity contribution in [2.45, 2.75) is 25.5 Å². The zero-order chi connectivity index (χ0) is 19.1. The third-order valence-corrected chi connectivity index (χ3v) is 3.63. The molecule has 2 N–H and O–H groups in total. The topological polar surface area (TPSA) is 99.4 Å². The van der Waals surface area contributed by atoms with Crippen LogP contribution in [0.4, 0.5) is 4.39 Å². The van der Waals surface area contributed by atoms with Gasteiger partial charge in [0.05, 0.1) is 24.1 Å². The van der Waals surface area contributed by atoms with Gasteiger partial charge in [-0.25, -0.2) is 4.39 Å². The lowest BCUT2D eigenvalue weighted by Crippen LogP contribution is -2.39. The van der Waals surface area contributed by atoms with Crippen molar-refractivity contribution in [3.8, 4) is 11.8 Å². The average molecular weight is 356 g/mol. The van der Waals surface area contributed by atoms with Gasteiger partial charge in [-0.1, -0.05) is 12.1 Å². The molecular formula is C19H17FN2O4. The SMILES string of the molecule is C[C@@H](Oc1ccc(C#N)cc1)C(=O)N[C@@H](CC(=O)O)c1ccc(F)cc1. The van der Waals surface area contributed by atoms with E-state index in [1.165, 1.54) is 31.2 Å². The number of ether oxygens (including phenoxy) is 1.